The van der Waals surface area contributed by atoms with Crippen molar-refractivity contribution in [3.05, 3.63) is 58.9 Å². The number of ether oxygens (including phenoxy) is 2. The summed E-state index contributed by atoms with van der Waals surface area (Å²) >= 11 is 5.65. The lowest BCUT2D eigenvalue weighted by atomic mass is 9.57. The van der Waals surface area contributed by atoms with E-state index in [-0.39, 0.29) is 41.2 Å². The summed E-state index contributed by atoms with van der Waals surface area (Å²) in [6, 6.07) is 11.6. The fourth-order valence-electron chi connectivity index (χ4n) is 4.55. The first-order valence-corrected chi connectivity index (χ1v) is 11.1. The largest absolute Gasteiger partial charge is 0.497 e. The van der Waals surface area contributed by atoms with E-state index < -0.39 is 5.82 Å². The number of halogens is 2. The molecule has 3 saturated carbocycles. The maximum atomic E-state index is 13.5. The van der Waals surface area contributed by atoms with Gasteiger partial charge in [0.2, 0.25) is 5.91 Å². The van der Waals surface area contributed by atoms with Crippen LogP contribution >= 0.6 is 11.6 Å². The summed E-state index contributed by atoms with van der Waals surface area (Å²) in [4.78, 5) is 25.2. The van der Waals surface area contributed by atoms with E-state index in [2.05, 4.69) is 10.6 Å². The van der Waals surface area contributed by atoms with Crippen molar-refractivity contribution >= 4 is 23.4 Å². The topological polar surface area (TPSA) is 76.7 Å². The smallest absolute Gasteiger partial charge is 0.258 e. The highest BCUT2D eigenvalue weighted by Gasteiger charge is 2.48. The van der Waals surface area contributed by atoms with Gasteiger partial charge in [0.1, 0.15) is 17.3 Å². The average molecular weight is 461 g/mol. The summed E-state index contributed by atoms with van der Waals surface area (Å²) in [6.07, 6.45) is 2.49. The number of hydrogen-bond donors (Lipinski definition) is 2. The number of carbonyl (C=O) groups is 2. The summed E-state index contributed by atoms with van der Waals surface area (Å²) < 4.78 is 24.0. The predicted octanol–water partition coefficient (Wildman–Crippen LogP) is 3.71. The second-order valence-electron chi connectivity index (χ2n) is 8.44. The number of nitrogens with one attached hydrogen (secondary N) is 2. The molecule has 0 aromatic heterocycles. The molecule has 2 amide bonds. The van der Waals surface area contributed by atoms with E-state index in [9.17, 15) is 14.0 Å². The fourth-order valence-corrected chi connectivity index (χ4v) is 4.67. The van der Waals surface area contributed by atoms with E-state index in [1.165, 1.54) is 12.1 Å². The zero-order chi connectivity index (χ0) is 22.7. The molecular formula is C24H26ClFN2O4. The molecule has 6 nitrogen and oxygen atoms in total. The number of fused-ring (bicyclic) bond motifs is 2. The van der Waals surface area contributed by atoms with Gasteiger partial charge in [0.15, 0.2) is 6.61 Å². The van der Waals surface area contributed by atoms with Gasteiger partial charge in [0, 0.05) is 24.6 Å². The predicted molar refractivity (Wildman–Crippen MR) is 118 cm³/mol. The van der Waals surface area contributed by atoms with Gasteiger partial charge in [-0.3, -0.25) is 9.59 Å². The Kier molecular flexibility index (Phi) is 6.84. The molecule has 0 heterocycles. The van der Waals surface area contributed by atoms with E-state index in [1.807, 2.05) is 24.3 Å². The number of rotatable bonds is 8. The zero-order valence-electron chi connectivity index (χ0n) is 17.8. The van der Waals surface area contributed by atoms with Gasteiger partial charge in [-0.25, -0.2) is 4.39 Å². The molecular weight excluding hydrogens is 435 g/mol. The Hall–Kier alpha value is -2.80. The highest BCUT2D eigenvalue weighted by molar-refractivity contribution is 6.30. The maximum absolute atomic E-state index is 13.5. The van der Waals surface area contributed by atoms with Crippen LogP contribution in [-0.2, 0) is 16.1 Å². The molecule has 0 radical (unpaired) electrons. The van der Waals surface area contributed by atoms with Crippen LogP contribution in [0.2, 0.25) is 5.02 Å². The van der Waals surface area contributed by atoms with Crippen molar-refractivity contribution in [3.8, 4) is 11.5 Å². The lowest BCUT2D eigenvalue weighted by molar-refractivity contribution is -0.136. The molecule has 2 N–H and O–H groups in total. The number of methoxy groups -OCH3 is 1. The minimum absolute atomic E-state index is 0.000135. The van der Waals surface area contributed by atoms with E-state index in [4.69, 9.17) is 21.1 Å². The van der Waals surface area contributed by atoms with Crippen molar-refractivity contribution in [1.82, 2.24) is 10.6 Å². The Morgan fingerprint density at radius 3 is 2.47 bits per heavy atom. The van der Waals surface area contributed by atoms with Gasteiger partial charge in [-0.1, -0.05) is 23.7 Å². The van der Waals surface area contributed by atoms with E-state index >= 15 is 0 Å². The molecule has 1 unspecified atom stereocenters. The third kappa shape index (κ3) is 5.15. The quantitative estimate of drug-likeness (QED) is 0.629. The maximum Gasteiger partial charge on any atom is 0.258 e. The van der Waals surface area contributed by atoms with Crippen molar-refractivity contribution in [2.24, 2.45) is 17.8 Å². The van der Waals surface area contributed by atoms with Crippen LogP contribution in [0.1, 0.15) is 24.8 Å². The van der Waals surface area contributed by atoms with Crippen molar-refractivity contribution in [3.63, 3.8) is 0 Å². The lowest BCUT2D eigenvalue weighted by Gasteiger charge is -2.50. The van der Waals surface area contributed by atoms with Crippen LogP contribution in [0.15, 0.2) is 42.5 Å². The van der Waals surface area contributed by atoms with Gasteiger partial charge in [0.25, 0.3) is 5.91 Å². The monoisotopic (exact) mass is 460 g/mol. The summed E-state index contributed by atoms with van der Waals surface area (Å²) in [5.41, 5.74) is 1.00. The first kappa shape index (κ1) is 22.4. The molecule has 5 rings (SSSR count). The molecule has 8 heteroatoms. The van der Waals surface area contributed by atoms with Crippen molar-refractivity contribution in [2.45, 2.75) is 31.8 Å². The Balaban J connectivity index is 1.26. The molecule has 32 heavy (non-hydrogen) atoms. The average Bonchev–Trinajstić information content (AvgIpc) is 2.77. The Morgan fingerprint density at radius 2 is 1.78 bits per heavy atom. The second-order valence-corrected chi connectivity index (χ2v) is 8.85. The van der Waals surface area contributed by atoms with Gasteiger partial charge in [-0.15, -0.1) is 0 Å². The minimum Gasteiger partial charge on any atom is -0.497 e. The second kappa shape index (κ2) is 9.77. The molecule has 2 aromatic rings. The third-order valence-electron chi connectivity index (χ3n) is 6.43. The Bertz CT molecular complexity index is 978. The number of benzene rings is 2. The zero-order valence-corrected chi connectivity index (χ0v) is 18.5. The van der Waals surface area contributed by atoms with Crippen LogP contribution < -0.4 is 20.1 Å². The molecule has 2 bridgehead atoms. The third-order valence-corrected chi connectivity index (χ3v) is 6.73. The highest BCUT2D eigenvalue weighted by atomic mass is 35.5. The van der Waals surface area contributed by atoms with Gasteiger partial charge >= 0.3 is 0 Å². The molecule has 0 aliphatic heterocycles. The van der Waals surface area contributed by atoms with Crippen LogP contribution in [-0.4, -0.2) is 31.6 Å². The standard InChI is InChI=1S/C24H26ClFN2O4/c1-31-17-4-2-14(3-5-17)12-27-24(30)19-11-22(16-8-15(19)9-16)28-23(29)13-32-18-6-7-20(25)21(26)10-18/h2-7,10,15-16,19,22H,8-9,11-13H2,1H3,(H,27,30)(H,28,29)/t15?,16?,19?,22-/m0/s1. The summed E-state index contributed by atoms with van der Waals surface area (Å²) in [7, 11) is 1.62. The number of amides is 2. The molecule has 3 fully saturated rings. The van der Waals surface area contributed by atoms with Crippen LogP contribution in [0.4, 0.5) is 4.39 Å². The van der Waals surface area contributed by atoms with Gasteiger partial charge in [0.05, 0.1) is 12.1 Å². The van der Waals surface area contributed by atoms with Crippen molar-refractivity contribution < 1.29 is 23.5 Å². The van der Waals surface area contributed by atoms with E-state index in [0.29, 0.717) is 24.8 Å². The van der Waals surface area contributed by atoms with Crippen LogP contribution in [0.25, 0.3) is 0 Å². The molecule has 0 spiro atoms. The number of hydrogen-bond acceptors (Lipinski definition) is 4. The molecule has 2 atom stereocenters. The van der Waals surface area contributed by atoms with Gasteiger partial charge in [-0.2, -0.15) is 0 Å². The summed E-state index contributed by atoms with van der Waals surface area (Å²) in [6.45, 7) is 0.236. The van der Waals surface area contributed by atoms with Gasteiger partial charge in [-0.05, 0) is 60.9 Å². The Morgan fingerprint density at radius 1 is 1.06 bits per heavy atom. The fraction of sp³-hybridized carbons (Fsp3) is 0.417. The van der Waals surface area contributed by atoms with Crippen molar-refractivity contribution in [1.29, 1.82) is 0 Å². The summed E-state index contributed by atoms with van der Waals surface area (Å²) in [5, 5.41) is 6.02. The molecule has 3 aliphatic rings. The Labute approximate surface area is 191 Å². The first-order chi connectivity index (χ1) is 15.4. The molecule has 2 aromatic carbocycles. The first-order valence-electron chi connectivity index (χ1n) is 10.7. The molecule has 3 aliphatic carbocycles. The van der Waals surface area contributed by atoms with E-state index in [1.54, 1.807) is 7.11 Å². The van der Waals surface area contributed by atoms with E-state index in [0.717, 1.165) is 30.2 Å². The van der Waals surface area contributed by atoms with Gasteiger partial charge < -0.3 is 20.1 Å². The SMILES string of the molecule is COc1ccc(CNC(=O)C2C[C@H](NC(=O)COc3ccc(Cl)c(F)c3)C3CC2C3)cc1. The molecule has 0 saturated heterocycles. The van der Waals surface area contributed by atoms with Crippen LogP contribution in [0.5, 0.6) is 11.5 Å². The lowest BCUT2D eigenvalue weighted by Crippen LogP contribution is -2.56. The summed E-state index contributed by atoms with van der Waals surface area (Å²) in [5.74, 6) is 0.807. The normalized spacial score (nSPS) is 23.6. The highest BCUT2D eigenvalue weighted by Crippen LogP contribution is 2.49. The van der Waals surface area contributed by atoms with Crippen molar-refractivity contribution in [2.75, 3.05) is 13.7 Å². The number of carbonyl (C=O) groups excluding carboxylic acids is 2. The van der Waals surface area contributed by atoms with Crippen LogP contribution in [0, 0.1) is 23.6 Å². The minimum atomic E-state index is -0.596. The molecule has 170 valence electrons. The van der Waals surface area contributed by atoms with Crippen LogP contribution in [0.3, 0.4) is 0 Å².